The first-order chi connectivity index (χ1) is 9.06. The molecule has 2 rings (SSSR count). The number of methoxy groups -OCH3 is 1. The summed E-state index contributed by atoms with van der Waals surface area (Å²) in [6, 6.07) is 6.75. The highest BCUT2D eigenvalue weighted by molar-refractivity contribution is 6.00. The first-order valence-corrected chi connectivity index (χ1v) is 5.68. The zero-order chi connectivity index (χ0) is 14.0. The van der Waals surface area contributed by atoms with Crippen molar-refractivity contribution in [2.45, 2.75) is 6.42 Å². The first kappa shape index (κ1) is 12.9. The minimum atomic E-state index is -0.997. The number of aliphatic carboxylic acids is 1. The van der Waals surface area contributed by atoms with Crippen LogP contribution >= 0.6 is 0 Å². The van der Waals surface area contributed by atoms with E-state index in [4.69, 9.17) is 15.1 Å². The Kier molecular flexibility index (Phi) is 3.38. The Morgan fingerprint density at radius 3 is 2.84 bits per heavy atom. The number of rotatable bonds is 3. The highest BCUT2D eigenvalue weighted by Gasteiger charge is 2.35. The van der Waals surface area contributed by atoms with Crippen LogP contribution in [0.2, 0.25) is 0 Å². The summed E-state index contributed by atoms with van der Waals surface area (Å²) in [6.45, 7) is 0.0924. The van der Waals surface area contributed by atoms with E-state index in [2.05, 4.69) is 0 Å². The van der Waals surface area contributed by atoms with Gasteiger partial charge in [0, 0.05) is 13.0 Å². The van der Waals surface area contributed by atoms with Crippen LogP contribution in [0.1, 0.15) is 12.0 Å². The molecule has 1 heterocycles. The molecule has 1 saturated heterocycles. The van der Waals surface area contributed by atoms with Gasteiger partial charge >= 0.3 is 5.97 Å². The van der Waals surface area contributed by atoms with Crippen LogP contribution in [0, 0.1) is 17.2 Å². The Morgan fingerprint density at radius 2 is 2.32 bits per heavy atom. The Labute approximate surface area is 109 Å². The van der Waals surface area contributed by atoms with Gasteiger partial charge in [0.15, 0.2) is 0 Å². The summed E-state index contributed by atoms with van der Waals surface area (Å²) in [5.41, 5.74) is 0.718. The molecule has 1 aromatic rings. The molecule has 0 bridgehead atoms. The maximum Gasteiger partial charge on any atom is 0.308 e. The van der Waals surface area contributed by atoms with Crippen LogP contribution in [0.15, 0.2) is 18.2 Å². The van der Waals surface area contributed by atoms with Crippen molar-refractivity contribution in [1.82, 2.24) is 0 Å². The Balaban J connectivity index is 2.35. The van der Waals surface area contributed by atoms with Gasteiger partial charge in [0.2, 0.25) is 5.91 Å². The molecular weight excluding hydrogens is 248 g/mol. The minimum Gasteiger partial charge on any atom is -0.497 e. The lowest BCUT2D eigenvalue weighted by Gasteiger charge is -2.18. The molecule has 1 N–H and O–H groups in total. The lowest BCUT2D eigenvalue weighted by molar-refractivity contribution is -0.141. The SMILES string of the molecule is COc1ccc(N2CC(C(=O)O)CC2=O)c(C#N)c1. The smallest absolute Gasteiger partial charge is 0.308 e. The summed E-state index contributed by atoms with van der Waals surface area (Å²) in [5, 5.41) is 18.0. The minimum absolute atomic E-state index is 0.0355. The van der Waals surface area contributed by atoms with E-state index < -0.39 is 11.9 Å². The average molecular weight is 260 g/mol. The van der Waals surface area contributed by atoms with Gasteiger partial charge in [-0.25, -0.2) is 0 Å². The molecule has 1 amide bonds. The maximum absolute atomic E-state index is 11.8. The van der Waals surface area contributed by atoms with Gasteiger partial charge in [-0.05, 0) is 18.2 Å². The summed E-state index contributed by atoms with van der Waals surface area (Å²) in [7, 11) is 1.48. The molecule has 1 aromatic carbocycles. The third kappa shape index (κ3) is 2.36. The lowest BCUT2D eigenvalue weighted by atomic mass is 10.1. The van der Waals surface area contributed by atoms with Crippen molar-refractivity contribution in [2.75, 3.05) is 18.6 Å². The number of carboxylic acids is 1. The summed E-state index contributed by atoms with van der Waals surface area (Å²) in [5.74, 6) is -1.49. The van der Waals surface area contributed by atoms with Gasteiger partial charge in [-0.15, -0.1) is 0 Å². The molecule has 1 fully saturated rings. The number of nitriles is 1. The second kappa shape index (κ2) is 4.98. The van der Waals surface area contributed by atoms with Crippen LogP contribution in [-0.4, -0.2) is 30.6 Å². The van der Waals surface area contributed by atoms with Crippen molar-refractivity contribution in [3.8, 4) is 11.8 Å². The van der Waals surface area contributed by atoms with Crippen molar-refractivity contribution in [1.29, 1.82) is 5.26 Å². The zero-order valence-electron chi connectivity index (χ0n) is 10.3. The van der Waals surface area contributed by atoms with E-state index in [1.165, 1.54) is 18.1 Å². The van der Waals surface area contributed by atoms with Crippen molar-refractivity contribution in [2.24, 2.45) is 5.92 Å². The molecule has 1 unspecified atom stereocenters. The van der Waals surface area contributed by atoms with Crippen LogP contribution in [-0.2, 0) is 9.59 Å². The topological polar surface area (TPSA) is 90.6 Å². The fourth-order valence-electron chi connectivity index (χ4n) is 2.07. The number of hydrogen-bond donors (Lipinski definition) is 1. The second-order valence-corrected chi connectivity index (χ2v) is 4.24. The monoisotopic (exact) mass is 260 g/mol. The van der Waals surface area contributed by atoms with E-state index in [9.17, 15) is 9.59 Å². The number of ether oxygens (including phenoxy) is 1. The molecule has 0 radical (unpaired) electrons. The molecule has 0 saturated carbocycles. The summed E-state index contributed by atoms with van der Waals surface area (Å²) < 4.78 is 5.01. The normalized spacial score (nSPS) is 18.2. The molecule has 6 nitrogen and oxygen atoms in total. The molecular formula is C13H12N2O4. The molecule has 0 aromatic heterocycles. The molecule has 0 spiro atoms. The van der Waals surface area contributed by atoms with Gasteiger partial charge in [-0.3, -0.25) is 9.59 Å². The van der Waals surface area contributed by atoms with Crippen molar-refractivity contribution < 1.29 is 19.4 Å². The summed E-state index contributed by atoms with van der Waals surface area (Å²) in [4.78, 5) is 24.1. The lowest BCUT2D eigenvalue weighted by Crippen LogP contribution is -2.26. The number of amides is 1. The molecule has 1 atom stereocenters. The van der Waals surface area contributed by atoms with Gasteiger partial charge in [-0.2, -0.15) is 5.26 Å². The van der Waals surface area contributed by atoms with Gasteiger partial charge < -0.3 is 14.7 Å². The number of nitrogens with zero attached hydrogens (tertiary/aromatic N) is 2. The van der Waals surface area contributed by atoms with Gasteiger partial charge in [0.1, 0.15) is 11.8 Å². The highest BCUT2D eigenvalue weighted by atomic mass is 16.5. The van der Waals surface area contributed by atoms with E-state index in [1.54, 1.807) is 12.1 Å². The van der Waals surface area contributed by atoms with Crippen LogP contribution in [0.4, 0.5) is 5.69 Å². The standard InChI is InChI=1S/C13H12N2O4/c1-19-10-2-3-11(8(4-10)6-14)15-7-9(13(17)18)5-12(15)16/h2-4,9H,5,7H2,1H3,(H,17,18). The van der Waals surface area contributed by atoms with Crippen LogP contribution in [0.3, 0.4) is 0 Å². The summed E-state index contributed by atoms with van der Waals surface area (Å²) in [6.07, 6.45) is -0.0355. The maximum atomic E-state index is 11.8. The van der Waals surface area contributed by atoms with Crippen molar-refractivity contribution >= 4 is 17.6 Å². The van der Waals surface area contributed by atoms with Crippen molar-refractivity contribution in [3.63, 3.8) is 0 Å². The fraction of sp³-hybridized carbons (Fsp3) is 0.308. The Morgan fingerprint density at radius 1 is 1.58 bits per heavy atom. The number of carbonyl (C=O) groups is 2. The molecule has 6 heteroatoms. The van der Waals surface area contributed by atoms with Crippen LogP contribution < -0.4 is 9.64 Å². The largest absolute Gasteiger partial charge is 0.497 e. The third-order valence-electron chi connectivity index (χ3n) is 3.09. The Bertz CT molecular complexity index is 576. The predicted molar refractivity (Wildman–Crippen MR) is 65.8 cm³/mol. The van der Waals surface area contributed by atoms with Gasteiger partial charge in [-0.1, -0.05) is 0 Å². The molecule has 1 aliphatic heterocycles. The zero-order valence-corrected chi connectivity index (χ0v) is 10.3. The Hall–Kier alpha value is -2.55. The van der Waals surface area contributed by atoms with Gasteiger partial charge in [0.05, 0.1) is 24.3 Å². The van der Waals surface area contributed by atoms with Crippen LogP contribution in [0.25, 0.3) is 0 Å². The molecule has 98 valence electrons. The number of benzene rings is 1. The van der Waals surface area contributed by atoms with E-state index in [0.29, 0.717) is 17.0 Å². The van der Waals surface area contributed by atoms with Crippen LogP contribution in [0.5, 0.6) is 5.75 Å². The molecule has 19 heavy (non-hydrogen) atoms. The van der Waals surface area contributed by atoms with E-state index >= 15 is 0 Å². The number of anilines is 1. The third-order valence-corrected chi connectivity index (χ3v) is 3.09. The quantitative estimate of drug-likeness (QED) is 0.875. The van der Waals surface area contributed by atoms with Gasteiger partial charge in [0.25, 0.3) is 0 Å². The number of carboxylic acid groups (broad SMARTS) is 1. The first-order valence-electron chi connectivity index (χ1n) is 5.68. The average Bonchev–Trinajstić information content (AvgIpc) is 2.80. The highest BCUT2D eigenvalue weighted by Crippen LogP contribution is 2.30. The molecule has 0 aliphatic carbocycles. The second-order valence-electron chi connectivity index (χ2n) is 4.24. The number of carbonyl (C=O) groups excluding carboxylic acids is 1. The van der Waals surface area contributed by atoms with E-state index in [1.807, 2.05) is 6.07 Å². The molecule has 1 aliphatic rings. The summed E-state index contributed by atoms with van der Waals surface area (Å²) >= 11 is 0. The number of hydrogen-bond acceptors (Lipinski definition) is 4. The predicted octanol–water partition coefficient (Wildman–Crippen LogP) is 1.00. The van der Waals surface area contributed by atoms with E-state index in [-0.39, 0.29) is 18.9 Å². The van der Waals surface area contributed by atoms with Crippen molar-refractivity contribution in [3.05, 3.63) is 23.8 Å². The fourth-order valence-corrected chi connectivity index (χ4v) is 2.07. The van der Waals surface area contributed by atoms with E-state index in [0.717, 1.165) is 0 Å².